The Balaban J connectivity index is 1.42. The van der Waals surface area contributed by atoms with Crippen molar-refractivity contribution in [2.75, 3.05) is 26.3 Å². The maximum Gasteiger partial charge on any atom is 0.312 e. The molecule has 0 aliphatic carbocycles. The van der Waals surface area contributed by atoms with E-state index in [0.717, 1.165) is 64.0 Å². The first-order valence-corrected chi connectivity index (χ1v) is 11.1. The molecule has 2 aliphatic rings. The number of carbonyl (C=O) groups is 1. The van der Waals surface area contributed by atoms with Gasteiger partial charge in [0.1, 0.15) is 0 Å². The van der Waals surface area contributed by atoms with E-state index in [1.165, 1.54) is 6.42 Å². The van der Waals surface area contributed by atoms with Crippen LogP contribution in [-0.4, -0.2) is 57.8 Å². The molecule has 162 valence electrons. The Morgan fingerprint density at radius 1 is 1.23 bits per heavy atom. The molecule has 4 heterocycles. The Morgan fingerprint density at radius 2 is 2.03 bits per heavy atom. The summed E-state index contributed by atoms with van der Waals surface area (Å²) in [6.07, 6.45) is 11.5. The Bertz CT molecular complexity index is 809. The van der Waals surface area contributed by atoms with Crippen LogP contribution < -0.4 is 0 Å². The number of piperidine rings is 1. The van der Waals surface area contributed by atoms with E-state index in [0.29, 0.717) is 12.6 Å². The molecule has 30 heavy (non-hydrogen) atoms. The Hall–Kier alpha value is -2.25. The third kappa shape index (κ3) is 4.73. The van der Waals surface area contributed by atoms with Crippen molar-refractivity contribution in [3.8, 4) is 5.95 Å². The van der Waals surface area contributed by atoms with Crippen LogP contribution >= 0.6 is 0 Å². The molecule has 0 saturated carbocycles. The zero-order valence-electron chi connectivity index (χ0n) is 17.8. The zero-order valence-corrected chi connectivity index (χ0v) is 17.8. The molecule has 2 fully saturated rings. The molecule has 0 aromatic carbocycles. The van der Waals surface area contributed by atoms with Gasteiger partial charge in [-0.25, -0.2) is 9.97 Å². The smallest absolute Gasteiger partial charge is 0.312 e. The second-order valence-electron chi connectivity index (χ2n) is 8.39. The molecule has 0 N–H and O–H groups in total. The van der Waals surface area contributed by atoms with Crippen molar-refractivity contribution in [1.29, 1.82) is 0 Å². The quantitative estimate of drug-likeness (QED) is 0.650. The summed E-state index contributed by atoms with van der Waals surface area (Å²) < 4.78 is 13.5. The zero-order chi connectivity index (χ0) is 20.8. The number of rotatable bonds is 7. The van der Waals surface area contributed by atoms with Crippen molar-refractivity contribution in [3.63, 3.8) is 0 Å². The fourth-order valence-electron chi connectivity index (χ4n) is 4.70. The van der Waals surface area contributed by atoms with Gasteiger partial charge in [0, 0.05) is 37.4 Å². The standard InChI is InChI=1S/C23H32N4O3/c1-2-29-21(28)23(17-20-8-3-4-16-30-20)9-14-26(15-10-23)18-19-7-5-13-27(19)22-24-11-6-12-25-22/h5-7,11-13,20H,2-4,8-10,14-18H2,1H3/t20-/m1/s1. The van der Waals surface area contributed by atoms with E-state index in [9.17, 15) is 4.79 Å². The molecule has 0 amide bonds. The van der Waals surface area contributed by atoms with Gasteiger partial charge in [0.15, 0.2) is 0 Å². The van der Waals surface area contributed by atoms with Crippen molar-refractivity contribution in [2.45, 2.75) is 58.1 Å². The third-order valence-electron chi connectivity index (χ3n) is 6.40. The van der Waals surface area contributed by atoms with Crippen molar-refractivity contribution >= 4 is 5.97 Å². The molecule has 2 aliphatic heterocycles. The Morgan fingerprint density at radius 3 is 2.73 bits per heavy atom. The van der Waals surface area contributed by atoms with Crippen LogP contribution in [0.25, 0.3) is 5.95 Å². The summed E-state index contributed by atoms with van der Waals surface area (Å²) in [5.74, 6) is 0.643. The molecule has 4 rings (SSSR count). The molecule has 0 spiro atoms. The van der Waals surface area contributed by atoms with Crippen LogP contribution in [0.2, 0.25) is 0 Å². The van der Waals surface area contributed by atoms with Gasteiger partial charge in [-0.1, -0.05) is 0 Å². The molecule has 2 saturated heterocycles. The van der Waals surface area contributed by atoms with Gasteiger partial charge in [-0.15, -0.1) is 0 Å². The average Bonchev–Trinajstić information content (AvgIpc) is 3.25. The predicted octanol–water partition coefficient (Wildman–Crippen LogP) is 3.37. The lowest BCUT2D eigenvalue weighted by molar-refractivity contribution is -0.162. The first-order chi connectivity index (χ1) is 14.7. The normalized spacial score (nSPS) is 22.0. The van der Waals surface area contributed by atoms with E-state index < -0.39 is 5.41 Å². The monoisotopic (exact) mass is 412 g/mol. The second-order valence-corrected chi connectivity index (χ2v) is 8.39. The number of carbonyl (C=O) groups excluding carboxylic acids is 1. The van der Waals surface area contributed by atoms with Crippen LogP contribution in [0.4, 0.5) is 0 Å². The van der Waals surface area contributed by atoms with E-state index in [1.807, 2.05) is 29.8 Å². The lowest BCUT2D eigenvalue weighted by Crippen LogP contribution is -2.47. The maximum absolute atomic E-state index is 12.9. The highest BCUT2D eigenvalue weighted by atomic mass is 16.5. The summed E-state index contributed by atoms with van der Waals surface area (Å²) in [5, 5.41) is 0. The number of nitrogens with zero attached hydrogens (tertiary/aromatic N) is 4. The van der Waals surface area contributed by atoms with Gasteiger partial charge in [0.2, 0.25) is 5.95 Å². The number of likely N-dealkylation sites (tertiary alicyclic amines) is 1. The van der Waals surface area contributed by atoms with Crippen molar-refractivity contribution in [3.05, 3.63) is 42.5 Å². The summed E-state index contributed by atoms with van der Waals surface area (Å²) in [5.41, 5.74) is 0.736. The maximum atomic E-state index is 12.9. The summed E-state index contributed by atoms with van der Waals surface area (Å²) >= 11 is 0. The van der Waals surface area contributed by atoms with E-state index in [1.54, 1.807) is 12.4 Å². The summed E-state index contributed by atoms with van der Waals surface area (Å²) in [7, 11) is 0. The largest absolute Gasteiger partial charge is 0.466 e. The molecular formula is C23H32N4O3. The average molecular weight is 413 g/mol. The summed E-state index contributed by atoms with van der Waals surface area (Å²) in [6.45, 7) is 5.68. The molecule has 0 radical (unpaired) electrons. The Kier molecular flexibility index (Phi) is 6.79. The van der Waals surface area contributed by atoms with Crippen LogP contribution in [0, 0.1) is 5.41 Å². The minimum absolute atomic E-state index is 0.0418. The van der Waals surface area contributed by atoms with Crippen LogP contribution in [0.15, 0.2) is 36.8 Å². The molecule has 2 aromatic rings. The van der Waals surface area contributed by atoms with E-state index >= 15 is 0 Å². The minimum atomic E-state index is -0.418. The molecular weight excluding hydrogens is 380 g/mol. The van der Waals surface area contributed by atoms with Crippen LogP contribution in [0.3, 0.4) is 0 Å². The van der Waals surface area contributed by atoms with Gasteiger partial charge in [0.05, 0.1) is 18.1 Å². The molecule has 0 bridgehead atoms. The van der Waals surface area contributed by atoms with Gasteiger partial charge in [0.25, 0.3) is 0 Å². The second kappa shape index (κ2) is 9.71. The predicted molar refractivity (Wildman–Crippen MR) is 113 cm³/mol. The van der Waals surface area contributed by atoms with E-state index in [-0.39, 0.29) is 12.1 Å². The number of ether oxygens (including phenoxy) is 2. The Labute approximate surface area is 178 Å². The highest BCUT2D eigenvalue weighted by Gasteiger charge is 2.44. The fourth-order valence-corrected chi connectivity index (χ4v) is 4.70. The lowest BCUT2D eigenvalue weighted by Gasteiger charge is -2.42. The number of hydrogen-bond donors (Lipinski definition) is 0. The topological polar surface area (TPSA) is 69.5 Å². The van der Waals surface area contributed by atoms with Crippen LogP contribution in [0.5, 0.6) is 0 Å². The molecule has 2 aromatic heterocycles. The minimum Gasteiger partial charge on any atom is -0.466 e. The van der Waals surface area contributed by atoms with Gasteiger partial charge >= 0.3 is 5.97 Å². The molecule has 7 nitrogen and oxygen atoms in total. The first kappa shape index (κ1) is 21.0. The summed E-state index contributed by atoms with van der Waals surface area (Å²) in [4.78, 5) is 24.1. The summed E-state index contributed by atoms with van der Waals surface area (Å²) in [6, 6.07) is 5.96. The fraction of sp³-hybridized carbons (Fsp3) is 0.609. The van der Waals surface area contributed by atoms with Gasteiger partial charge in [-0.3, -0.25) is 14.3 Å². The van der Waals surface area contributed by atoms with Crippen molar-refractivity contribution in [1.82, 2.24) is 19.4 Å². The third-order valence-corrected chi connectivity index (χ3v) is 6.40. The number of hydrogen-bond acceptors (Lipinski definition) is 6. The van der Waals surface area contributed by atoms with Gasteiger partial charge < -0.3 is 9.47 Å². The SMILES string of the molecule is CCOC(=O)C1(C[C@H]2CCCCO2)CCN(Cc2cccn2-c2ncccn2)CC1. The van der Waals surface area contributed by atoms with Crippen LogP contribution in [-0.2, 0) is 20.8 Å². The van der Waals surface area contributed by atoms with Crippen LogP contribution in [0.1, 0.15) is 51.1 Å². The molecule has 1 atom stereocenters. The van der Waals surface area contributed by atoms with Crippen molar-refractivity contribution in [2.24, 2.45) is 5.41 Å². The van der Waals surface area contributed by atoms with Crippen molar-refractivity contribution < 1.29 is 14.3 Å². The lowest BCUT2D eigenvalue weighted by atomic mass is 9.73. The first-order valence-electron chi connectivity index (χ1n) is 11.1. The molecule has 0 unspecified atom stereocenters. The molecule has 7 heteroatoms. The van der Waals surface area contributed by atoms with E-state index in [4.69, 9.17) is 9.47 Å². The number of aromatic nitrogens is 3. The van der Waals surface area contributed by atoms with E-state index in [2.05, 4.69) is 20.9 Å². The highest BCUT2D eigenvalue weighted by molar-refractivity contribution is 5.77. The van der Waals surface area contributed by atoms with Gasteiger partial charge in [-0.2, -0.15) is 0 Å². The highest BCUT2D eigenvalue weighted by Crippen LogP contribution is 2.40. The number of esters is 1. The van der Waals surface area contributed by atoms with Gasteiger partial charge in [-0.05, 0) is 76.7 Å².